The van der Waals surface area contributed by atoms with Crippen molar-refractivity contribution in [2.45, 2.75) is 0 Å². The summed E-state index contributed by atoms with van der Waals surface area (Å²) in [5.41, 5.74) is 1.28. The van der Waals surface area contributed by atoms with Crippen LogP contribution in [0.15, 0.2) is 12.4 Å². The van der Waals surface area contributed by atoms with Crippen molar-refractivity contribution >= 4 is 25.0 Å². The lowest BCUT2D eigenvalue weighted by Crippen LogP contribution is -2.47. The van der Waals surface area contributed by atoms with Crippen LogP contribution in [0.1, 0.15) is 0 Å². The summed E-state index contributed by atoms with van der Waals surface area (Å²) >= 11 is 0. The Morgan fingerprint density at radius 3 is 2.42 bits per heavy atom. The molecule has 0 aliphatic carbocycles. The van der Waals surface area contributed by atoms with E-state index in [0.29, 0.717) is 24.5 Å². The van der Waals surface area contributed by atoms with E-state index in [-0.39, 0.29) is 0 Å². The van der Waals surface area contributed by atoms with Crippen molar-refractivity contribution in [3.63, 3.8) is 0 Å². The van der Waals surface area contributed by atoms with E-state index in [1.54, 1.807) is 12.4 Å². The second kappa shape index (κ2) is 2.58. The van der Waals surface area contributed by atoms with E-state index in [0.717, 1.165) is 5.71 Å². The van der Waals surface area contributed by atoms with Crippen LogP contribution in [-0.2, 0) is 0 Å². The lowest BCUT2D eigenvalue weighted by atomic mass is 10.0. The minimum absolute atomic E-state index is 0.564. The maximum atomic E-state index is 7.23. The Morgan fingerprint density at radius 1 is 1.33 bits per heavy atom. The third kappa shape index (κ3) is 1.18. The largest absolute Gasteiger partial charge is 0.330 e. The molecular formula is C7H7BN4. The molecular weight excluding hydrogens is 151 g/mol. The average Bonchev–Trinajstić information content (AvgIpc) is 2.01. The van der Waals surface area contributed by atoms with Gasteiger partial charge in [-0.2, -0.15) is 0 Å². The zero-order valence-corrected chi connectivity index (χ0v) is 6.49. The maximum absolute atomic E-state index is 7.23. The van der Waals surface area contributed by atoms with Gasteiger partial charge >= 0.3 is 0 Å². The standard InChI is InChI=1S/C7H7BN4/c8-5-1-10-7(11-2-5)12-3-6(9)4-12/h1-2,9H,3-4H2. The Labute approximate surface area is 71.6 Å². The second-order valence-corrected chi connectivity index (χ2v) is 2.78. The van der Waals surface area contributed by atoms with Crippen LogP contribution < -0.4 is 10.4 Å². The summed E-state index contributed by atoms with van der Waals surface area (Å²) in [6.45, 7) is 1.29. The first kappa shape index (κ1) is 7.27. The van der Waals surface area contributed by atoms with E-state index in [1.165, 1.54) is 0 Å². The van der Waals surface area contributed by atoms with Crippen molar-refractivity contribution < 1.29 is 0 Å². The van der Waals surface area contributed by atoms with Crippen LogP contribution >= 0.6 is 0 Å². The van der Waals surface area contributed by atoms with Crippen LogP contribution in [0, 0.1) is 5.41 Å². The summed E-state index contributed by atoms with van der Waals surface area (Å²) in [6.07, 6.45) is 3.15. The van der Waals surface area contributed by atoms with E-state index < -0.39 is 0 Å². The van der Waals surface area contributed by atoms with Crippen molar-refractivity contribution in [3.05, 3.63) is 12.4 Å². The van der Waals surface area contributed by atoms with Crippen molar-refractivity contribution in [3.8, 4) is 0 Å². The van der Waals surface area contributed by atoms with Crippen molar-refractivity contribution in [2.24, 2.45) is 0 Å². The quantitative estimate of drug-likeness (QED) is 0.539. The molecule has 4 nitrogen and oxygen atoms in total. The molecule has 0 amide bonds. The van der Waals surface area contributed by atoms with Gasteiger partial charge in [-0.1, -0.05) is 5.46 Å². The molecule has 5 heteroatoms. The molecule has 1 fully saturated rings. The van der Waals surface area contributed by atoms with Gasteiger partial charge in [0.25, 0.3) is 0 Å². The van der Waals surface area contributed by atoms with Gasteiger partial charge < -0.3 is 10.3 Å². The van der Waals surface area contributed by atoms with Crippen LogP contribution in [0.2, 0.25) is 0 Å². The molecule has 0 aromatic carbocycles. The first-order chi connectivity index (χ1) is 5.75. The van der Waals surface area contributed by atoms with Crippen molar-refractivity contribution in [1.29, 1.82) is 5.41 Å². The highest BCUT2D eigenvalue weighted by Gasteiger charge is 2.21. The van der Waals surface area contributed by atoms with Gasteiger partial charge in [0, 0.05) is 18.1 Å². The monoisotopic (exact) mass is 158 g/mol. The van der Waals surface area contributed by atoms with Crippen LogP contribution in [0.4, 0.5) is 5.95 Å². The molecule has 12 heavy (non-hydrogen) atoms. The number of hydrogen-bond donors (Lipinski definition) is 1. The Bertz CT molecular complexity index is 300. The number of anilines is 1. The first-order valence-corrected chi connectivity index (χ1v) is 3.64. The highest BCUT2D eigenvalue weighted by molar-refractivity contribution is 6.31. The van der Waals surface area contributed by atoms with Crippen LogP contribution in [-0.4, -0.2) is 36.6 Å². The third-order valence-electron chi connectivity index (χ3n) is 1.70. The summed E-state index contributed by atoms with van der Waals surface area (Å²) in [6, 6.07) is 0. The number of nitrogens with zero attached hydrogens (tertiary/aromatic N) is 3. The van der Waals surface area contributed by atoms with Crippen molar-refractivity contribution in [2.75, 3.05) is 18.0 Å². The molecule has 58 valence electrons. The van der Waals surface area contributed by atoms with Gasteiger partial charge in [-0.25, -0.2) is 9.97 Å². The molecule has 1 aromatic heterocycles. The summed E-state index contributed by atoms with van der Waals surface area (Å²) in [5.74, 6) is 0.653. The van der Waals surface area contributed by atoms with E-state index in [4.69, 9.17) is 13.3 Å². The predicted octanol–water partition coefficient (Wildman–Crippen LogP) is -0.890. The van der Waals surface area contributed by atoms with E-state index >= 15 is 0 Å². The SMILES string of the molecule is [B]c1cnc(N2CC(=N)C2)nc1. The molecule has 1 N–H and O–H groups in total. The fourth-order valence-corrected chi connectivity index (χ4v) is 1.05. The highest BCUT2D eigenvalue weighted by Crippen LogP contribution is 2.10. The molecule has 0 saturated carbocycles. The van der Waals surface area contributed by atoms with Gasteiger partial charge in [0.1, 0.15) is 7.85 Å². The Balaban J connectivity index is 2.14. The van der Waals surface area contributed by atoms with Gasteiger partial charge in [-0.3, -0.25) is 0 Å². The van der Waals surface area contributed by atoms with E-state index in [2.05, 4.69) is 9.97 Å². The van der Waals surface area contributed by atoms with Crippen LogP contribution in [0.25, 0.3) is 0 Å². The molecule has 2 rings (SSSR count). The lowest BCUT2D eigenvalue weighted by molar-refractivity contribution is 0.840. The zero-order chi connectivity index (χ0) is 8.55. The lowest BCUT2D eigenvalue weighted by Gasteiger charge is -2.31. The van der Waals surface area contributed by atoms with Gasteiger partial charge in [0.15, 0.2) is 0 Å². The van der Waals surface area contributed by atoms with Crippen LogP contribution in [0.5, 0.6) is 0 Å². The smallest absolute Gasteiger partial charge is 0.225 e. The summed E-state index contributed by atoms with van der Waals surface area (Å²) in [4.78, 5) is 9.97. The fraction of sp³-hybridized carbons (Fsp3) is 0.286. The zero-order valence-electron chi connectivity index (χ0n) is 6.49. The third-order valence-corrected chi connectivity index (χ3v) is 1.70. The summed E-state index contributed by atoms with van der Waals surface area (Å²) < 4.78 is 0. The predicted molar refractivity (Wildman–Crippen MR) is 47.4 cm³/mol. The van der Waals surface area contributed by atoms with Gasteiger partial charge in [0.05, 0.1) is 13.1 Å². The minimum atomic E-state index is 0.564. The Hall–Kier alpha value is -1.39. The topological polar surface area (TPSA) is 52.9 Å². The molecule has 1 aliphatic rings. The number of hydrogen-bond acceptors (Lipinski definition) is 4. The fourth-order valence-electron chi connectivity index (χ4n) is 1.05. The van der Waals surface area contributed by atoms with Crippen molar-refractivity contribution in [1.82, 2.24) is 9.97 Å². The molecule has 0 bridgehead atoms. The van der Waals surface area contributed by atoms with E-state index in [9.17, 15) is 0 Å². The average molecular weight is 158 g/mol. The molecule has 1 aliphatic heterocycles. The minimum Gasteiger partial charge on any atom is -0.330 e. The molecule has 0 spiro atoms. The number of nitrogens with one attached hydrogen (secondary N) is 1. The summed E-state index contributed by atoms with van der Waals surface area (Å²) in [5, 5.41) is 7.23. The molecule has 1 saturated heterocycles. The normalized spacial score (nSPS) is 16.0. The van der Waals surface area contributed by atoms with Gasteiger partial charge in [0.2, 0.25) is 5.95 Å². The maximum Gasteiger partial charge on any atom is 0.225 e. The number of aromatic nitrogens is 2. The highest BCUT2D eigenvalue weighted by atomic mass is 15.3. The van der Waals surface area contributed by atoms with Gasteiger partial charge in [-0.15, -0.1) is 0 Å². The number of rotatable bonds is 1. The summed E-state index contributed by atoms with van der Waals surface area (Å²) in [7, 11) is 5.43. The molecule has 0 unspecified atom stereocenters. The molecule has 1 aromatic rings. The van der Waals surface area contributed by atoms with Gasteiger partial charge in [-0.05, 0) is 0 Å². The molecule has 2 heterocycles. The Kier molecular flexibility index (Phi) is 1.57. The first-order valence-electron chi connectivity index (χ1n) is 3.64. The van der Waals surface area contributed by atoms with E-state index in [1.807, 2.05) is 4.90 Å². The van der Waals surface area contributed by atoms with Crippen LogP contribution in [0.3, 0.4) is 0 Å². The Morgan fingerprint density at radius 2 is 1.92 bits per heavy atom. The second-order valence-electron chi connectivity index (χ2n) is 2.78. The molecule has 2 radical (unpaired) electrons. The molecule has 0 atom stereocenters.